The van der Waals surface area contributed by atoms with Crippen LogP contribution in [0.5, 0.6) is 0 Å². The van der Waals surface area contributed by atoms with Crippen LogP contribution in [-0.2, 0) is 6.42 Å². The molecule has 2 heterocycles. The fraction of sp³-hybridized carbons (Fsp3) is 0.500. The van der Waals surface area contributed by atoms with Crippen molar-refractivity contribution in [3.05, 3.63) is 29.8 Å². The quantitative estimate of drug-likeness (QED) is 0.662. The van der Waals surface area contributed by atoms with Crippen molar-refractivity contribution >= 4 is 5.69 Å². The van der Waals surface area contributed by atoms with Gasteiger partial charge in [-0.15, -0.1) is 0 Å². The molecule has 1 saturated heterocycles. The smallest absolute Gasteiger partial charge is 0.0456 e. The van der Waals surface area contributed by atoms with Crippen molar-refractivity contribution in [2.24, 2.45) is 0 Å². The van der Waals surface area contributed by atoms with Gasteiger partial charge >= 0.3 is 0 Å². The van der Waals surface area contributed by atoms with Crippen molar-refractivity contribution < 1.29 is 0 Å². The molecule has 1 aromatic rings. The first-order valence-corrected chi connectivity index (χ1v) is 5.42. The third-order valence-electron chi connectivity index (χ3n) is 3.37. The average Bonchev–Trinajstić information content (AvgIpc) is 2.56. The summed E-state index contributed by atoms with van der Waals surface area (Å²) in [6, 6.07) is 10.1. The first kappa shape index (κ1) is 8.30. The number of rotatable bonds is 0. The Morgan fingerprint density at radius 3 is 3.14 bits per heavy atom. The van der Waals surface area contributed by atoms with Gasteiger partial charge in [0.05, 0.1) is 0 Å². The van der Waals surface area contributed by atoms with E-state index < -0.39 is 0 Å². The van der Waals surface area contributed by atoms with E-state index in [4.69, 9.17) is 0 Å². The summed E-state index contributed by atoms with van der Waals surface area (Å²) < 4.78 is 0. The molecule has 74 valence electrons. The van der Waals surface area contributed by atoms with Crippen LogP contribution in [0.25, 0.3) is 0 Å². The van der Waals surface area contributed by atoms with Gasteiger partial charge in [-0.25, -0.2) is 0 Å². The van der Waals surface area contributed by atoms with Gasteiger partial charge in [0.2, 0.25) is 0 Å². The van der Waals surface area contributed by atoms with Gasteiger partial charge in [0.25, 0.3) is 0 Å². The lowest BCUT2D eigenvalue weighted by Gasteiger charge is -2.36. The minimum atomic E-state index is 0.623. The van der Waals surface area contributed by atoms with E-state index in [9.17, 15) is 0 Å². The maximum atomic E-state index is 3.55. The zero-order chi connectivity index (χ0) is 9.54. The van der Waals surface area contributed by atoms with Gasteiger partial charge in [-0.2, -0.15) is 0 Å². The second kappa shape index (κ2) is 2.99. The molecule has 0 amide bonds. The first-order valence-electron chi connectivity index (χ1n) is 5.42. The van der Waals surface area contributed by atoms with Crippen LogP contribution in [0.2, 0.25) is 0 Å². The maximum Gasteiger partial charge on any atom is 0.0456 e. The minimum absolute atomic E-state index is 0.623. The van der Waals surface area contributed by atoms with Gasteiger partial charge in [0, 0.05) is 30.9 Å². The molecule has 1 N–H and O–H groups in total. The number of benzene rings is 1. The van der Waals surface area contributed by atoms with Crippen LogP contribution in [-0.4, -0.2) is 25.2 Å². The number of piperazine rings is 1. The molecule has 1 aromatic carbocycles. The Labute approximate surface area is 84.9 Å². The van der Waals surface area contributed by atoms with E-state index in [1.807, 2.05) is 0 Å². The summed E-state index contributed by atoms with van der Waals surface area (Å²) in [7, 11) is 0. The molecule has 3 rings (SSSR count). The van der Waals surface area contributed by atoms with Gasteiger partial charge in [-0.1, -0.05) is 18.2 Å². The summed E-state index contributed by atoms with van der Waals surface area (Å²) in [5.74, 6) is 0. The molecule has 0 spiro atoms. The number of hydrogen-bond donors (Lipinski definition) is 1. The van der Waals surface area contributed by atoms with E-state index >= 15 is 0 Å². The molecule has 2 nitrogen and oxygen atoms in total. The van der Waals surface area contributed by atoms with Crippen molar-refractivity contribution in [2.45, 2.75) is 25.4 Å². The molecule has 2 aliphatic heterocycles. The van der Waals surface area contributed by atoms with Crippen molar-refractivity contribution in [3.8, 4) is 0 Å². The van der Waals surface area contributed by atoms with E-state index in [0.29, 0.717) is 12.1 Å². The topological polar surface area (TPSA) is 15.3 Å². The highest BCUT2D eigenvalue weighted by Gasteiger charge is 2.32. The first-order chi connectivity index (χ1) is 6.84. The summed E-state index contributed by atoms with van der Waals surface area (Å²) in [6.07, 6.45) is 1.22. The lowest BCUT2D eigenvalue weighted by molar-refractivity contribution is 0.422. The van der Waals surface area contributed by atoms with Crippen molar-refractivity contribution in [1.82, 2.24) is 5.32 Å². The predicted molar refractivity (Wildman–Crippen MR) is 58.7 cm³/mol. The summed E-state index contributed by atoms with van der Waals surface area (Å²) in [6.45, 7) is 4.55. The summed E-state index contributed by atoms with van der Waals surface area (Å²) in [5.41, 5.74) is 2.99. The maximum absolute atomic E-state index is 3.55. The summed E-state index contributed by atoms with van der Waals surface area (Å²) in [4.78, 5) is 2.57. The van der Waals surface area contributed by atoms with Gasteiger partial charge in [-0.05, 0) is 25.0 Å². The molecule has 0 saturated carbocycles. The largest absolute Gasteiger partial charge is 0.365 e. The van der Waals surface area contributed by atoms with E-state index in [1.54, 1.807) is 0 Å². The van der Waals surface area contributed by atoms with E-state index in [-0.39, 0.29) is 0 Å². The zero-order valence-corrected chi connectivity index (χ0v) is 8.53. The number of nitrogens with zero attached hydrogens (tertiary/aromatic N) is 1. The fourth-order valence-corrected chi connectivity index (χ4v) is 2.65. The second-order valence-corrected chi connectivity index (χ2v) is 4.45. The van der Waals surface area contributed by atoms with E-state index in [0.717, 1.165) is 13.1 Å². The molecule has 1 fully saturated rings. The Kier molecular flexibility index (Phi) is 1.77. The summed E-state index contributed by atoms with van der Waals surface area (Å²) in [5, 5.41) is 3.55. The number of nitrogens with one attached hydrogen (secondary N) is 1. The Balaban J connectivity index is 1.97. The number of para-hydroxylation sites is 1. The average molecular weight is 188 g/mol. The molecule has 2 atom stereocenters. The Hall–Kier alpha value is -1.02. The van der Waals surface area contributed by atoms with E-state index in [1.165, 1.54) is 17.7 Å². The zero-order valence-electron chi connectivity index (χ0n) is 8.53. The van der Waals surface area contributed by atoms with Crippen LogP contribution in [0.15, 0.2) is 24.3 Å². The van der Waals surface area contributed by atoms with Crippen LogP contribution in [0, 0.1) is 0 Å². The standard InChI is InChI=1S/C12H16N2/c1-9-8-14-11(7-13-9)6-10-4-2-3-5-12(10)14/h2-5,9,11,13H,6-8H2,1H3/t9-,11?/m0/s1. The fourth-order valence-electron chi connectivity index (χ4n) is 2.65. The second-order valence-electron chi connectivity index (χ2n) is 4.45. The monoisotopic (exact) mass is 188 g/mol. The van der Waals surface area contributed by atoms with Gasteiger partial charge in [-0.3, -0.25) is 0 Å². The molecule has 2 aliphatic rings. The van der Waals surface area contributed by atoms with Gasteiger partial charge in [0.1, 0.15) is 0 Å². The van der Waals surface area contributed by atoms with Crippen molar-refractivity contribution in [3.63, 3.8) is 0 Å². The van der Waals surface area contributed by atoms with E-state index in [2.05, 4.69) is 41.4 Å². The third kappa shape index (κ3) is 1.14. The molecule has 2 heteroatoms. The SMILES string of the molecule is C[C@H]1CN2c3ccccc3CC2CN1. The van der Waals surface area contributed by atoms with Crippen LogP contribution in [0.3, 0.4) is 0 Å². The minimum Gasteiger partial charge on any atom is -0.365 e. The Bertz CT molecular complexity index is 348. The molecular weight excluding hydrogens is 172 g/mol. The lowest BCUT2D eigenvalue weighted by atomic mass is 10.1. The van der Waals surface area contributed by atoms with Gasteiger partial charge < -0.3 is 10.2 Å². The highest BCUT2D eigenvalue weighted by Crippen LogP contribution is 2.32. The Morgan fingerprint density at radius 2 is 2.21 bits per heavy atom. The third-order valence-corrected chi connectivity index (χ3v) is 3.37. The van der Waals surface area contributed by atoms with Gasteiger partial charge in [0.15, 0.2) is 0 Å². The number of anilines is 1. The molecule has 0 aliphatic carbocycles. The van der Waals surface area contributed by atoms with Crippen LogP contribution >= 0.6 is 0 Å². The number of hydrogen-bond acceptors (Lipinski definition) is 2. The molecule has 1 unspecified atom stereocenters. The van der Waals surface area contributed by atoms with Crippen LogP contribution < -0.4 is 10.2 Å². The predicted octanol–water partition coefficient (Wildman–Crippen LogP) is 1.41. The summed E-state index contributed by atoms with van der Waals surface area (Å²) >= 11 is 0. The lowest BCUT2D eigenvalue weighted by Crippen LogP contribution is -2.54. The molecule has 14 heavy (non-hydrogen) atoms. The highest BCUT2D eigenvalue weighted by molar-refractivity contribution is 5.60. The Morgan fingerprint density at radius 1 is 1.36 bits per heavy atom. The number of fused-ring (bicyclic) bond motifs is 3. The van der Waals surface area contributed by atoms with Crippen LogP contribution in [0.4, 0.5) is 5.69 Å². The van der Waals surface area contributed by atoms with Crippen LogP contribution in [0.1, 0.15) is 12.5 Å². The molecule has 0 aromatic heterocycles. The highest BCUT2D eigenvalue weighted by atomic mass is 15.2. The van der Waals surface area contributed by atoms with Crippen molar-refractivity contribution in [1.29, 1.82) is 0 Å². The molecular formula is C12H16N2. The molecule has 0 bridgehead atoms. The normalized spacial score (nSPS) is 29.9. The molecule has 0 radical (unpaired) electrons. The van der Waals surface area contributed by atoms with Crippen molar-refractivity contribution in [2.75, 3.05) is 18.0 Å².